The Morgan fingerprint density at radius 3 is 2.59 bits per heavy atom. The van der Waals surface area contributed by atoms with Gasteiger partial charge in [-0.1, -0.05) is 19.0 Å². The van der Waals surface area contributed by atoms with Gasteiger partial charge in [-0.25, -0.2) is 0 Å². The lowest BCUT2D eigenvalue weighted by Gasteiger charge is -2.11. The highest BCUT2D eigenvalue weighted by atomic mass is 16.5. The zero-order valence-electron chi connectivity index (χ0n) is 10.8. The van der Waals surface area contributed by atoms with Crippen molar-refractivity contribution in [2.45, 2.75) is 34.2 Å². The minimum absolute atomic E-state index is 0.425. The van der Waals surface area contributed by atoms with Crippen LogP contribution in [0, 0.1) is 19.8 Å². The Kier molecular flexibility index (Phi) is 2.96. The van der Waals surface area contributed by atoms with Gasteiger partial charge in [0.05, 0.1) is 0 Å². The number of rotatable bonds is 3. The molecule has 0 aliphatic carbocycles. The maximum atomic E-state index is 5.58. The Bertz CT molecular complexity index is 523. The number of aromatic nitrogens is 2. The standard InChI is InChI=1S/C13H19N3O/c1-8(2)7-16-9(3)5-11(10(16)4)12-6-13(14)15-17-12/h5-6,8H,7H2,1-4H3,(H2,14,15). The number of nitrogens with two attached hydrogens (primary N) is 1. The van der Waals surface area contributed by atoms with Gasteiger partial charge in [0.25, 0.3) is 0 Å². The fraction of sp³-hybridized carbons (Fsp3) is 0.462. The van der Waals surface area contributed by atoms with Gasteiger partial charge in [0.2, 0.25) is 0 Å². The Labute approximate surface area is 101 Å². The van der Waals surface area contributed by atoms with Crippen molar-refractivity contribution in [1.82, 2.24) is 9.72 Å². The van der Waals surface area contributed by atoms with E-state index in [0.29, 0.717) is 11.7 Å². The van der Waals surface area contributed by atoms with E-state index in [1.807, 2.05) is 0 Å². The van der Waals surface area contributed by atoms with Gasteiger partial charge in [-0.2, -0.15) is 0 Å². The molecular formula is C13H19N3O. The maximum Gasteiger partial charge on any atom is 0.170 e. The van der Waals surface area contributed by atoms with Crippen LogP contribution in [0.3, 0.4) is 0 Å². The summed E-state index contributed by atoms with van der Waals surface area (Å²) >= 11 is 0. The maximum absolute atomic E-state index is 5.58. The monoisotopic (exact) mass is 233 g/mol. The number of nitrogen functional groups attached to an aromatic ring is 1. The Morgan fingerprint density at radius 1 is 1.35 bits per heavy atom. The predicted molar refractivity (Wildman–Crippen MR) is 68.7 cm³/mol. The Morgan fingerprint density at radius 2 is 2.06 bits per heavy atom. The van der Waals surface area contributed by atoms with E-state index < -0.39 is 0 Å². The van der Waals surface area contributed by atoms with Gasteiger partial charge in [-0.05, 0) is 25.8 Å². The largest absolute Gasteiger partial charge is 0.381 e. The fourth-order valence-electron chi connectivity index (χ4n) is 2.11. The van der Waals surface area contributed by atoms with Crippen molar-refractivity contribution in [3.8, 4) is 11.3 Å². The quantitative estimate of drug-likeness (QED) is 0.886. The summed E-state index contributed by atoms with van der Waals surface area (Å²) in [7, 11) is 0. The van der Waals surface area contributed by atoms with E-state index in [-0.39, 0.29) is 0 Å². The minimum Gasteiger partial charge on any atom is -0.381 e. The zero-order chi connectivity index (χ0) is 12.6. The molecule has 92 valence electrons. The van der Waals surface area contributed by atoms with Crippen molar-refractivity contribution < 1.29 is 4.52 Å². The van der Waals surface area contributed by atoms with Crippen LogP contribution in [0.5, 0.6) is 0 Å². The summed E-state index contributed by atoms with van der Waals surface area (Å²) in [5.74, 6) is 1.78. The van der Waals surface area contributed by atoms with Crippen molar-refractivity contribution in [3.05, 3.63) is 23.5 Å². The summed E-state index contributed by atoms with van der Waals surface area (Å²) in [6.45, 7) is 9.65. The highest BCUT2D eigenvalue weighted by Crippen LogP contribution is 2.28. The number of hydrogen-bond donors (Lipinski definition) is 1. The molecule has 0 amide bonds. The third-order valence-electron chi connectivity index (χ3n) is 2.92. The third-order valence-corrected chi connectivity index (χ3v) is 2.92. The van der Waals surface area contributed by atoms with E-state index in [0.717, 1.165) is 17.9 Å². The normalized spacial score (nSPS) is 11.4. The van der Waals surface area contributed by atoms with Crippen molar-refractivity contribution in [2.75, 3.05) is 5.73 Å². The van der Waals surface area contributed by atoms with Gasteiger partial charge in [0.15, 0.2) is 11.6 Å². The second-order valence-corrected chi connectivity index (χ2v) is 4.91. The molecule has 17 heavy (non-hydrogen) atoms. The van der Waals surface area contributed by atoms with Gasteiger partial charge < -0.3 is 14.8 Å². The molecule has 0 fully saturated rings. The topological polar surface area (TPSA) is 57.0 Å². The molecule has 2 N–H and O–H groups in total. The smallest absolute Gasteiger partial charge is 0.170 e. The molecule has 0 unspecified atom stereocenters. The first kappa shape index (κ1) is 11.8. The van der Waals surface area contributed by atoms with Crippen LogP contribution in [0.4, 0.5) is 5.82 Å². The molecule has 2 heterocycles. The van der Waals surface area contributed by atoms with Crippen molar-refractivity contribution >= 4 is 5.82 Å². The molecule has 2 rings (SSSR count). The third kappa shape index (κ3) is 2.20. The van der Waals surface area contributed by atoms with Crippen LogP contribution >= 0.6 is 0 Å². The minimum atomic E-state index is 0.425. The molecule has 2 aromatic rings. The first-order chi connectivity index (χ1) is 7.99. The molecule has 0 spiro atoms. The fourth-order valence-corrected chi connectivity index (χ4v) is 2.11. The van der Waals surface area contributed by atoms with Gasteiger partial charge >= 0.3 is 0 Å². The molecule has 0 aromatic carbocycles. The van der Waals surface area contributed by atoms with Crippen molar-refractivity contribution in [3.63, 3.8) is 0 Å². The molecule has 0 aliphatic heterocycles. The summed E-state index contributed by atoms with van der Waals surface area (Å²) < 4.78 is 7.52. The van der Waals surface area contributed by atoms with E-state index in [2.05, 4.69) is 43.5 Å². The Hall–Kier alpha value is -1.71. The average molecular weight is 233 g/mol. The van der Waals surface area contributed by atoms with Crippen molar-refractivity contribution in [2.24, 2.45) is 5.92 Å². The number of aryl methyl sites for hydroxylation is 1. The molecule has 0 radical (unpaired) electrons. The highest BCUT2D eigenvalue weighted by molar-refractivity contribution is 5.64. The second kappa shape index (κ2) is 4.28. The second-order valence-electron chi connectivity index (χ2n) is 4.91. The summed E-state index contributed by atoms with van der Waals surface area (Å²) in [5, 5.41) is 3.73. The molecule has 0 bridgehead atoms. The van der Waals surface area contributed by atoms with Crippen LogP contribution in [0.1, 0.15) is 25.2 Å². The number of anilines is 1. The molecule has 0 aliphatic rings. The summed E-state index contributed by atoms with van der Waals surface area (Å²) in [4.78, 5) is 0. The van der Waals surface area contributed by atoms with Crippen LogP contribution in [-0.4, -0.2) is 9.72 Å². The highest BCUT2D eigenvalue weighted by Gasteiger charge is 2.14. The van der Waals surface area contributed by atoms with Crippen LogP contribution in [0.2, 0.25) is 0 Å². The molecule has 4 nitrogen and oxygen atoms in total. The Balaban J connectivity index is 2.43. The van der Waals surface area contributed by atoms with Crippen LogP contribution in [-0.2, 0) is 6.54 Å². The summed E-state index contributed by atoms with van der Waals surface area (Å²) in [6, 6.07) is 3.89. The average Bonchev–Trinajstić information content (AvgIpc) is 2.76. The molecular weight excluding hydrogens is 214 g/mol. The van der Waals surface area contributed by atoms with E-state index >= 15 is 0 Å². The zero-order valence-corrected chi connectivity index (χ0v) is 10.8. The van der Waals surface area contributed by atoms with Crippen LogP contribution in [0.25, 0.3) is 11.3 Å². The van der Waals surface area contributed by atoms with Crippen LogP contribution in [0.15, 0.2) is 16.7 Å². The molecule has 4 heteroatoms. The lowest BCUT2D eigenvalue weighted by molar-refractivity contribution is 0.435. The van der Waals surface area contributed by atoms with E-state index in [9.17, 15) is 0 Å². The van der Waals surface area contributed by atoms with Crippen LogP contribution < -0.4 is 5.73 Å². The van der Waals surface area contributed by atoms with Gasteiger partial charge in [-0.3, -0.25) is 0 Å². The molecule has 2 aromatic heterocycles. The molecule has 0 saturated heterocycles. The lowest BCUT2D eigenvalue weighted by Crippen LogP contribution is -2.07. The van der Waals surface area contributed by atoms with E-state index in [1.165, 1.54) is 11.4 Å². The van der Waals surface area contributed by atoms with Gasteiger partial charge in [0.1, 0.15) is 0 Å². The van der Waals surface area contributed by atoms with E-state index in [1.54, 1.807) is 6.07 Å². The first-order valence-electron chi connectivity index (χ1n) is 5.88. The van der Waals surface area contributed by atoms with E-state index in [4.69, 9.17) is 10.3 Å². The van der Waals surface area contributed by atoms with Gasteiger partial charge in [0, 0.05) is 29.6 Å². The molecule has 0 saturated carbocycles. The van der Waals surface area contributed by atoms with Crippen molar-refractivity contribution in [1.29, 1.82) is 0 Å². The SMILES string of the molecule is Cc1cc(-c2cc(N)no2)c(C)n1CC(C)C. The van der Waals surface area contributed by atoms with Gasteiger partial charge in [-0.15, -0.1) is 0 Å². The summed E-state index contributed by atoms with van der Waals surface area (Å²) in [6.07, 6.45) is 0. The number of hydrogen-bond acceptors (Lipinski definition) is 3. The lowest BCUT2D eigenvalue weighted by atomic mass is 10.2. The number of nitrogens with zero attached hydrogens (tertiary/aromatic N) is 2. The first-order valence-corrected chi connectivity index (χ1v) is 5.88. The predicted octanol–water partition coefficient (Wildman–Crippen LogP) is 3.00. The summed E-state index contributed by atoms with van der Waals surface area (Å²) in [5.41, 5.74) is 9.09. The molecule has 0 atom stereocenters.